The number of ether oxygens (including phenoxy) is 1. The number of aliphatic imine (C=N–C) groups is 1. The smallest absolute Gasteiger partial charge is 0.325 e. The van der Waals surface area contributed by atoms with Crippen molar-refractivity contribution in [3.05, 3.63) is 36.2 Å². The van der Waals surface area contributed by atoms with E-state index in [1.807, 2.05) is 54.1 Å². The minimum Gasteiger partial charge on any atom is -0.489 e. The monoisotopic (exact) mass is 369 g/mol. The number of anilines is 1. The molecule has 1 unspecified atom stereocenters. The Bertz CT molecular complexity index is 776. The van der Waals surface area contributed by atoms with E-state index in [1.165, 1.54) is 6.20 Å². The maximum Gasteiger partial charge on any atom is 0.325 e. The van der Waals surface area contributed by atoms with Crippen molar-refractivity contribution in [1.82, 2.24) is 9.80 Å². The van der Waals surface area contributed by atoms with E-state index in [9.17, 15) is 4.79 Å². The van der Waals surface area contributed by atoms with E-state index >= 15 is 0 Å². The molecule has 0 bridgehead atoms. The summed E-state index contributed by atoms with van der Waals surface area (Å²) >= 11 is 0. The number of urea groups is 1. The van der Waals surface area contributed by atoms with Gasteiger partial charge in [0.1, 0.15) is 12.4 Å². The third kappa shape index (κ3) is 3.27. The molecule has 3 heterocycles. The topological polar surface area (TPSA) is 74.4 Å². The first-order valence-corrected chi connectivity index (χ1v) is 9.45. The van der Waals surface area contributed by atoms with E-state index in [0.717, 1.165) is 49.9 Å². The molecule has 7 nitrogen and oxygen atoms in total. The number of fused-ring (bicyclic) bond motifs is 1. The first-order chi connectivity index (χ1) is 13.0. The van der Waals surface area contributed by atoms with Crippen LogP contribution in [0.1, 0.15) is 13.8 Å². The number of hydrogen-bond donors (Lipinski definition) is 1. The lowest BCUT2D eigenvalue weighted by Gasteiger charge is -2.60. The Balaban J connectivity index is 1.32. The zero-order valence-corrected chi connectivity index (χ0v) is 16.0. The maximum atomic E-state index is 13.1. The van der Waals surface area contributed by atoms with Gasteiger partial charge in [-0.2, -0.15) is 0 Å². The number of rotatable bonds is 3. The maximum absolute atomic E-state index is 13.1. The lowest BCUT2D eigenvalue weighted by atomic mass is 9.73. The van der Waals surface area contributed by atoms with E-state index in [-0.39, 0.29) is 17.5 Å². The highest BCUT2D eigenvalue weighted by Gasteiger charge is 2.54. The fraction of sp³-hybridized carbons (Fsp3) is 0.500. The van der Waals surface area contributed by atoms with Gasteiger partial charge in [0.25, 0.3) is 0 Å². The highest BCUT2D eigenvalue weighted by Crippen LogP contribution is 2.41. The molecule has 0 aromatic heterocycles. The third-order valence-corrected chi connectivity index (χ3v) is 5.57. The molecule has 2 saturated heterocycles. The van der Waals surface area contributed by atoms with E-state index in [1.54, 1.807) is 0 Å². The molecule has 0 aliphatic carbocycles. The number of amides is 2. The van der Waals surface area contributed by atoms with Gasteiger partial charge in [-0.3, -0.25) is 14.8 Å². The first-order valence-electron chi connectivity index (χ1n) is 9.45. The lowest BCUT2D eigenvalue weighted by Crippen LogP contribution is -2.74. The van der Waals surface area contributed by atoms with Crippen LogP contribution in [0.25, 0.3) is 0 Å². The van der Waals surface area contributed by atoms with Crippen molar-refractivity contribution in [3.63, 3.8) is 0 Å². The van der Waals surface area contributed by atoms with E-state index in [4.69, 9.17) is 10.5 Å². The van der Waals surface area contributed by atoms with Crippen LogP contribution < -0.4 is 15.4 Å². The van der Waals surface area contributed by atoms with Crippen LogP contribution in [0.5, 0.6) is 5.75 Å². The van der Waals surface area contributed by atoms with Gasteiger partial charge in [-0.25, -0.2) is 4.79 Å². The number of hydrogen-bond acceptors (Lipinski definition) is 5. The van der Waals surface area contributed by atoms with Crippen molar-refractivity contribution in [2.45, 2.75) is 19.9 Å². The van der Waals surface area contributed by atoms with Crippen LogP contribution in [0, 0.1) is 5.41 Å². The third-order valence-electron chi connectivity index (χ3n) is 5.57. The largest absolute Gasteiger partial charge is 0.489 e. The molecule has 0 saturated carbocycles. The molecule has 0 radical (unpaired) electrons. The number of carbonyl (C=O) groups excluding carboxylic acids is 1. The van der Waals surface area contributed by atoms with Gasteiger partial charge in [-0.1, -0.05) is 12.1 Å². The zero-order valence-electron chi connectivity index (χ0n) is 16.0. The average molecular weight is 369 g/mol. The number of allylic oxidation sites excluding steroid dienone is 1. The molecule has 3 aliphatic rings. The molecular formula is C20H27N5O2. The summed E-state index contributed by atoms with van der Waals surface area (Å²) in [5, 5.41) is 0. The average Bonchev–Trinajstić information content (AvgIpc) is 2.61. The van der Waals surface area contributed by atoms with Crippen LogP contribution in [0.3, 0.4) is 0 Å². The Kier molecular flexibility index (Phi) is 4.55. The molecule has 3 aliphatic heterocycles. The van der Waals surface area contributed by atoms with Gasteiger partial charge in [0, 0.05) is 50.6 Å². The van der Waals surface area contributed by atoms with Crippen molar-refractivity contribution in [2.75, 3.05) is 44.2 Å². The number of para-hydroxylation sites is 2. The minimum absolute atomic E-state index is 0.0388. The van der Waals surface area contributed by atoms with Crippen LogP contribution in [-0.4, -0.2) is 67.4 Å². The Morgan fingerprint density at radius 1 is 1.33 bits per heavy atom. The number of benzene rings is 1. The minimum atomic E-state index is 0.0388. The molecule has 2 fully saturated rings. The second-order valence-corrected chi connectivity index (χ2v) is 7.93. The lowest BCUT2D eigenvalue weighted by molar-refractivity contribution is -0.0866. The Hall–Kier alpha value is -2.54. The number of nitrogens with two attached hydrogens (primary N) is 1. The van der Waals surface area contributed by atoms with Crippen LogP contribution >= 0.6 is 0 Å². The highest BCUT2D eigenvalue weighted by atomic mass is 16.5. The van der Waals surface area contributed by atoms with Gasteiger partial charge < -0.3 is 15.4 Å². The van der Waals surface area contributed by atoms with Crippen LogP contribution in [0.15, 0.2) is 41.2 Å². The summed E-state index contributed by atoms with van der Waals surface area (Å²) in [7, 11) is 0. The predicted octanol–water partition coefficient (Wildman–Crippen LogP) is 1.90. The van der Waals surface area contributed by atoms with Crippen molar-refractivity contribution >= 4 is 17.9 Å². The SMILES string of the molecule is CC(=C/N)/N=C\CN1CC2(C1)CN(C(=O)N1c3ccccc3OCC1C)C2. The highest BCUT2D eigenvalue weighted by molar-refractivity contribution is 5.95. The van der Waals surface area contributed by atoms with Crippen LogP contribution in [0.4, 0.5) is 10.5 Å². The van der Waals surface area contributed by atoms with Gasteiger partial charge >= 0.3 is 6.03 Å². The molecule has 1 atom stereocenters. The van der Waals surface area contributed by atoms with Crippen molar-refractivity contribution in [3.8, 4) is 5.75 Å². The standard InChI is InChI=1S/C20H27N5O2/c1-15(9-21)22-7-8-23-11-20(12-23)13-24(14-20)19(26)25-16(2)10-27-18-6-4-3-5-17(18)25/h3-7,9,16H,8,10-14,21H2,1-2H3/b15-9-,22-7-. The Labute approximate surface area is 160 Å². The molecule has 7 heteroatoms. The molecule has 2 amide bonds. The molecule has 2 N–H and O–H groups in total. The van der Waals surface area contributed by atoms with Gasteiger partial charge in [0.2, 0.25) is 0 Å². The second-order valence-electron chi connectivity index (χ2n) is 7.93. The molecule has 1 spiro atoms. The van der Waals surface area contributed by atoms with E-state index in [0.29, 0.717) is 6.61 Å². The molecular weight excluding hydrogens is 342 g/mol. The quantitative estimate of drug-likeness (QED) is 0.826. The Morgan fingerprint density at radius 2 is 2.07 bits per heavy atom. The fourth-order valence-corrected chi connectivity index (χ4v) is 4.22. The van der Waals surface area contributed by atoms with Crippen molar-refractivity contribution in [1.29, 1.82) is 0 Å². The Morgan fingerprint density at radius 3 is 2.81 bits per heavy atom. The van der Waals surface area contributed by atoms with Crippen LogP contribution in [0.2, 0.25) is 0 Å². The molecule has 144 valence electrons. The van der Waals surface area contributed by atoms with E-state index in [2.05, 4.69) is 9.89 Å². The summed E-state index contributed by atoms with van der Waals surface area (Å²) in [6.45, 7) is 8.97. The fourth-order valence-electron chi connectivity index (χ4n) is 4.22. The first kappa shape index (κ1) is 17.9. The summed E-state index contributed by atoms with van der Waals surface area (Å²) in [4.78, 5) is 23.6. The molecule has 1 aromatic carbocycles. The summed E-state index contributed by atoms with van der Waals surface area (Å²) in [6.07, 6.45) is 3.41. The summed E-state index contributed by atoms with van der Waals surface area (Å²) < 4.78 is 5.75. The number of carbonyl (C=O) groups is 1. The van der Waals surface area contributed by atoms with Crippen molar-refractivity contribution in [2.24, 2.45) is 16.1 Å². The number of likely N-dealkylation sites (tertiary alicyclic amines) is 2. The van der Waals surface area contributed by atoms with Gasteiger partial charge in [0.15, 0.2) is 0 Å². The summed E-state index contributed by atoms with van der Waals surface area (Å²) in [5.74, 6) is 0.787. The van der Waals surface area contributed by atoms with Crippen molar-refractivity contribution < 1.29 is 9.53 Å². The van der Waals surface area contributed by atoms with Gasteiger partial charge in [0.05, 0.1) is 17.4 Å². The van der Waals surface area contributed by atoms with Crippen LogP contribution in [-0.2, 0) is 0 Å². The van der Waals surface area contributed by atoms with E-state index < -0.39 is 0 Å². The summed E-state index contributed by atoms with van der Waals surface area (Å²) in [6, 6.07) is 7.90. The summed E-state index contributed by atoms with van der Waals surface area (Å²) in [5.41, 5.74) is 7.37. The molecule has 4 rings (SSSR count). The zero-order chi connectivity index (χ0) is 19.0. The van der Waals surface area contributed by atoms with Gasteiger partial charge in [-0.05, 0) is 26.0 Å². The predicted molar refractivity (Wildman–Crippen MR) is 106 cm³/mol. The number of nitrogens with zero attached hydrogens (tertiary/aromatic N) is 4. The molecule has 27 heavy (non-hydrogen) atoms. The van der Waals surface area contributed by atoms with Gasteiger partial charge in [-0.15, -0.1) is 0 Å². The normalized spacial score (nSPS) is 24.4. The second kappa shape index (κ2) is 6.88. The molecule has 1 aromatic rings.